The second-order valence-electron chi connectivity index (χ2n) is 6.22. The number of hydrogen-bond donors (Lipinski definition) is 2. The van der Waals surface area contributed by atoms with E-state index in [1.165, 1.54) is 5.56 Å². The van der Waals surface area contributed by atoms with Crippen LogP contribution in [0.15, 0.2) is 30.5 Å². The molecule has 2 heterocycles. The molecular weight excluding hydrogens is 290 g/mol. The van der Waals surface area contributed by atoms with Crippen molar-refractivity contribution in [3.05, 3.63) is 41.7 Å². The molecule has 1 unspecified atom stereocenters. The van der Waals surface area contributed by atoms with Gasteiger partial charge in [0.25, 0.3) is 0 Å². The molecule has 1 aliphatic rings. The van der Waals surface area contributed by atoms with Crippen LogP contribution in [-0.4, -0.2) is 45.8 Å². The van der Waals surface area contributed by atoms with Gasteiger partial charge in [-0.15, -0.1) is 0 Å². The van der Waals surface area contributed by atoms with Crippen LogP contribution in [0.25, 0.3) is 11.1 Å². The van der Waals surface area contributed by atoms with E-state index in [4.69, 9.17) is 5.11 Å². The SMILES string of the molecule is Cc1ccc(-c2cn[nH]c2C2CCCN(C(=O)CCO)C2)cc1. The fourth-order valence-electron chi connectivity index (χ4n) is 3.26. The Morgan fingerprint density at radius 1 is 1.39 bits per heavy atom. The number of carbonyl (C=O) groups is 1. The summed E-state index contributed by atoms with van der Waals surface area (Å²) >= 11 is 0. The predicted molar refractivity (Wildman–Crippen MR) is 89.0 cm³/mol. The zero-order chi connectivity index (χ0) is 16.2. The Labute approximate surface area is 136 Å². The summed E-state index contributed by atoms with van der Waals surface area (Å²) in [6, 6.07) is 8.43. The van der Waals surface area contributed by atoms with Crippen LogP contribution in [0.3, 0.4) is 0 Å². The molecule has 0 spiro atoms. The molecule has 0 saturated carbocycles. The number of nitrogens with one attached hydrogen (secondary N) is 1. The number of benzene rings is 1. The monoisotopic (exact) mass is 313 g/mol. The van der Waals surface area contributed by atoms with E-state index in [-0.39, 0.29) is 24.9 Å². The molecule has 1 atom stereocenters. The lowest BCUT2D eigenvalue weighted by Crippen LogP contribution is -2.39. The van der Waals surface area contributed by atoms with E-state index in [1.807, 2.05) is 11.1 Å². The molecule has 122 valence electrons. The highest BCUT2D eigenvalue weighted by Crippen LogP contribution is 2.33. The quantitative estimate of drug-likeness (QED) is 0.911. The average Bonchev–Trinajstić information content (AvgIpc) is 3.05. The summed E-state index contributed by atoms with van der Waals surface area (Å²) in [5.41, 5.74) is 4.61. The molecule has 0 aliphatic carbocycles. The molecule has 5 heteroatoms. The minimum Gasteiger partial charge on any atom is -0.396 e. The molecule has 3 rings (SSSR count). The van der Waals surface area contributed by atoms with E-state index >= 15 is 0 Å². The summed E-state index contributed by atoms with van der Waals surface area (Å²) in [5, 5.41) is 16.3. The molecule has 2 aromatic rings. The summed E-state index contributed by atoms with van der Waals surface area (Å²) < 4.78 is 0. The zero-order valence-electron chi connectivity index (χ0n) is 13.5. The number of hydrogen-bond acceptors (Lipinski definition) is 3. The van der Waals surface area contributed by atoms with Crippen molar-refractivity contribution in [1.82, 2.24) is 15.1 Å². The highest BCUT2D eigenvalue weighted by atomic mass is 16.3. The highest BCUT2D eigenvalue weighted by Gasteiger charge is 2.27. The molecule has 0 bridgehead atoms. The largest absolute Gasteiger partial charge is 0.396 e. The average molecular weight is 313 g/mol. The number of aliphatic hydroxyl groups is 1. The van der Waals surface area contributed by atoms with E-state index in [0.717, 1.165) is 36.2 Å². The number of aromatic nitrogens is 2. The van der Waals surface area contributed by atoms with Gasteiger partial charge in [0.05, 0.1) is 12.8 Å². The predicted octanol–water partition coefficient (Wildman–Crippen LogP) is 2.47. The van der Waals surface area contributed by atoms with Crippen molar-refractivity contribution >= 4 is 5.91 Å². The molecule has 23 heavy (non-hydrogen) atoms. The number of aromatic amines is 1. The standard InChI is InChI=1S/C18H23N3O2/c1-13-4-6-14(7-5-13)16-11-19-20-18(16)15-3-2-9-21(12-15)17(23)8-10-22/h4-7,11,15,22H,2-3,8-10,12H2,1H3,(H,19,20). The first-order valence-corrected chi connectivity index (χ1v) is 8.18. The normalized spacial score (nSPS) is 18.2. The summed E-state index contributed by atoms with van der Waals surface area (Å²) in [6.45, 7) is 3.47. The molecule has 0 radical (unpaired) electrons. The number of piperidine rings is 1. The Balaban J connectivity index is 1.81. The second kappa shape index (κ2) is 6.96. The van der Waals surface area contributed by atoms with Crippen molar-refractivity contribution in [3.63, 3.8) is 0 Å². The number of aliphatic hydroxyl groups excluding tert-OH is 1. The minimum absolute atomic E-state index is 0.0357. The van der Waals surface area contributed by atoms with Gasteiger partial charge in [0.1, 0.15) is 0 Å². The van der Waals surface area contributed by atoms with Crippen LogP contribution in [0.1, 0.15) is 36.4 Å². The van der Waals surface area contributed by atoms with Gasteiger partial charge in [-0.2, -0.15) is 5.10 Å². The van der Waals surface area contributed by atoms with E-state index in [2.05, 4.69) is 41.4 Å². The van der Waals surface area contributed by atoms with Gasteiger partial charge in [0.15, 0.2) is 0 Å². The van der Waals surface area contributed by atoms with E-state index < -0.39 is 0 Å². The number of amides is 1. The molecule has 1 aliphatic heterocycles. The lowest BCUT2D eigenvalue weighted by Gasteiger charge is -2.32. The molecule has 1 amide bonds. The Bertz CT molecular complexity index is 663. The summed E-state index contributed by atoms with van der Waals surface area (Å²) in [7, 11) is 0. The topological polar surface area (TPSA) is 69.2 Å². The highest BCUT2D eigenvalue weighted by molar-refractivity contribution is 5.76. The number of rotatable bonds is 4. The van der Waals surface area contributed by atoms with E-state index in [9.17, 15) is 4.79 Å². The van der Waals surface area contributed by atoms with Crippen LogP contribution in [0.4, 0.5) is 0 Å². The van der Waals surface area contributed by atoms with Crippen LogP contribution in [-0.2, 0) is 4.79 Å². The zero-order valence-corrected chi connectivity index (χ0v) is 13.5. The van der Waals surface area contributed by atoms with E-state index in [1.54, 1.807) is 0 Å². The van der Waals surface area contributed by atoms with E-state index in [0.29, 0.717) is 6.54 Å². The van der Waals surface area contributed by atoms with Crippen molar-refractivity contribution < 1.29 is 9.90 Å². The third kappa shape index (κ3) is 3.45. The van der Waals surface area contributed by atoms with Crippen molar-refractivity contribution in [2.24, 2.45) is 0 Å². The van der Waals surface area contributed by atoms with Crippen LogP contribution in [0, 0.1) is 6.92 Å². The number of H-pyrrole nitrogens is 1. The molecule has 1 aromatic carbocycles. The first-order valence-electron chi connectivity index (χ1n) is 8.18. The van der Waals surface area contributed by atoms with Gasteiger partial charge in [-0.1, -0.05) is 29.8 Å². The van der Waals surface area contributed by atoms with Gasteiger partial charge in [-0.25, -0.2) is 0 Å². The van der Waals surface area contributed by atoms with Gasteiger partial charge in [0, 0.05) is 36.7 Å². The lowest BCUT2D eigenvalue weighted by molar-refractivity contribution is -0.133. The molecule has 1 fully saturated rings. The lowest BCUT2D eigenvalue weighted by atomic mass is 9.90. The third-order valence-electron chi connectivity index (χ3n) is 4.54. The number of aryl methyl sites for hydroxylation is 1. The fraction of sp³-hybridized carbons (Fsp3) is 0.444. The van der Waals surface area contributed by atoms with Crippen molar-refractivity contribution in [3.8, 4) is 11.1 Å². The maximum atomic E-state index is 12.0. The van der Waals surface area contributed by atoms with Crippen LogP contribution in [0.5, 0.6) is 0 Å². The van der Waals surface area contributed by atoms with Crippen molar-refractivity contribution in [2.45, 2.75) is 32.1 Å². The number of carbonyl (C=O) groups excluding carboxylic acids is 1. The van der Waals surface area contributed by atoms with Crippen molar-refractivity contribution in [2.75, 3.05) is 19.7 Å². The van der Waals surface area contributed by atoms with Crippen LogP contribution >= 0.6 is 0 Å². The molecule has 1 saturated heterocycles. The van der Waals surface area contributed by atoms with Gasteiger partial charge in [0.2, 0.25) is 5.91 Å². The Kier molecular flexibility index (Phi) is 4.76. The maximum absolute atomic E-state index is 12.0. The number of likely N-dealkylation sites (tertiary alicyclic amines) is 1. The molecule has 1 aromatic heterocycles. The van der Waals surface area contributed by atoms with Crippen LogP contribution < -0.4 is 0 Å². The maximum Gasteiger partial charge on any atom is 0.224 e. The van der Waals surface area contributed by atoms with Gasteiger partial charge >= 0.3 is 0 Å². The smallest absolute Gasteiger partial charge is 0.224 e. The van der Waals surface area contributed by atoms with Crippen LogP contribution in [0.2, 0.25) is 0 Å². The minimum atomic E-state index is -0.0846. The summed E-state index contributed by atoms with van der Waals surface area (Å²) in [4.78, 5) is 13.9. The first kappa shape index (κ1) is 15.7. The summed E-state index contributed by atoms with van der Waals surface area (Å²) in [6.07, 6.45) is 4.10. The first-order chi connectivity index (χ1) is 11.2. The Morgan fingerprint density at radius 2 is 2.17 bits per heavy atom. The third-order valence-corrected chi connectivity index (χ3v) is 4.54. The van der Waals surface area contributed by atoms with Gasteiger partial charge < -0.3 is 10.0 Å². The fourth-order valence-corrected chi connectivity index (χ4v) is 3.26. The van der Waals surface area contributed by atoms with Crippen molar-refractivity contribution in [1.29, 1.82) is 0 Å². The number of nitrogens with zero attached hydrogens (tertiary/aromatic N) is 2. The van der Waals surface area contributed by atoms with Gasteiger partial charge in [-0.3, -0.25) is 9.89 Å². The van der Waals surface area contributed by atoms with Gasteiger partial charge in [-0.05, 0) is 25.3 Å². The Morgan fingerprint density at radius 3 is 2.91 bits per heavy atom. The molecular formula is C18H23N3O2. The summed E-state index contributed by atoms with van der Waals surface area (Å²) in [5.74, 6) is 0.304. The Hall–Kier alpha value is -2.14. The molecule has 2 N–H and O–H groups in total. The molecule has 5 nitrogen and oxygen atoms in total. The second-order valence-corrected chi connectivity index (χ2v) is 6.22.